The summed E-state index contributed by atoms with van der Waals surface area (Å²) in [6, 6.07) is 12.2. The zero-order chi connectivity index (χ0) is 17.2. The lowest BCUT2D eigenvalue weighted by atomic mass is 10.0. The summed E-state index contributed by atoms with van der Waals surface area (Å²) in [5.74, 6) is 0.766. The fourth-order valence-corrected chi connectivity index (χ4v) is 3.49. The van der Waals surface area contributed by atoms with Crippen LogP contribution in [-0.2, 0) is 0 Å². The molecule has 1 aliphatic heterocycles. The number of amides is 1. The summed E-state index contributed by atoms with van der Waals surface area (Å²) in [5.41, 5.74) is 3.11. The van der Waals surface area contributed by atoms with Gasteiger partial charge in [0, 0.05) is 30.7 Å². The fraction of sp³-hybridized carbons (Fsp3) is 0.250. The monoisotopic (exact) mass is 332 g/mol. The highest BCUT2D eigenvalue weighted by Gasteiger charge is 2.30. The number of pyridine rings is 1. The fourth-order valence-electron chi connectivity index (χ4n) is 3.49. The molecule has 1 fully saturated rings. The van der Waals surface area contributed by atoms with E-state index in [1.54, 1.807) is 29.4 Å². The molecule has 0 spiro atoms. The summed E-state index contributed by atoms with van der Waals surface area (Å²) < 4.78 is 1.80. The third kappa shape index (κ3) is 3.05. The third-order valence-corrected chi connectivity index (χ3v) is 4.70. The molecule has 0 saturated carbocycles. The van der Waals surface area contributed by atoms with Crippen molar-refractivity contribution in [1.82, 2.24) is 19.4 Å². The number of hydrogen-bond acceptors (Lipinski definition) is 3. The van der Waals surface area contributed by atoms with Crippen molar-refractivity contribution in [3.63, 3.8) is 0 Å². The Morgan fingerprint density at radius 3 is 2.92 bits per heavy atom. The molecule has 0 aliphatic carbocycles. The van der Waals surface area contributed by atoms with Crippen LogP contribution in [0.5, 0.6) is 0 Å². The van der Waals surface area contributed by atoms with E-state index in [-0.39, 0.29) is 11.9 Å². The highest BCUT2D eigenvalue weighted by molar-refractivity contribution is 5.95. The standard InChI is InChI=1S/C20H20N4O/c1-15-4-2-5-16(12-15)18-6-3-10-24(18)20(25)17-7-8-22-19(13-17)23-11-9-21-14-23/h2,4-5,7-9,11-14,18H,3,6,10H2,1H3/t18-/m1/s1. The molecule has 1 aromatic carbocycles. The summed E-state index contributed by atoms with van der Waals surface area (Å²) >= 11 is 0. The van der Waals surface area contributed by atoms with E-state index in [0.717, 1.165) is 19.4 Å². The Kier molecular flexibility index (Phi) is 4.06. The largest absolute Gasteiger partial charge is 0.332 e. The number of benzene rings is 1. The molecule has 0 bridgehead atoms. The van der Waals surface area contributed by atoms with Crippen LogP contribution >= 0.6 is 0 Å². The third-order valence-electron chi connectivity index (χ3n) is 4.70. The van der Waals surface area contributed by atoms with Gasteiger partial charge in [0.2, 0.25) is 0 Å². The Labute approximate surface area is 147 Å². The minimum atomic E-state index is 0.0628. The minimum Gasteiger partial charge on any atom is -0.332 e. The van der Waals surface area contributed by atoms with E-state index in [1.165, 1.54) is 11.1 Å². The molecule has 25 heavy (non-hydrogen) atoms. The second-order valence-electron chi connectivity index (χ2n) is 6.44. The predicted octanol–water partition coefficient (Wildman–Crippen LogP) is 3.55. The van der Waals surface area contributed by atoms with Crippen LogP contribution in [0.2, 0.25) is 0 Å². The van der Waals surface area contributed by atoms with Crippen molar-refractivity contribution in [1.29, 1.82) is 0 Å². The van der Waals surface area contributed by atoms with Gasteiger partial charge in [0.15, 0.2) is 0 Å². The molecule has 5 nitrogen and oxygen atoms in total. The highest BCUT2D eigenvalue weighted by atomic mass is 16.2. The lowest BCUT2D eigenvalue weighted by molar-refractivity contribution is 0.0735. The Bertz CT molecular complexity index is 888. The van der Waals surface area contributed by atoms with E-state index >= 15 is 0 Å². The molecule has 0 radical (unpaired) electrons. The summed E-state index contributed by atoms with van der Waals surface area (Å²) in [7, 11) is 0. The normalized spacial score (nSPS) is 17.0. The van der Waals surface area contributed by atoms with Crippen LogP contribution in [0.25, 0.3) is 5.82 Å². The van der Waals surface area contributed by atoms with Crippen molar-refractivity contribution in [3.8, 4) is 5.82 Å². The molecule has 3 heterocycles. The molecule has 5 heteroatoms. The lowest BCUT2D eigenvalue weighted by Gasteiger charge is -2.25. The van der Waals surface area contributed by atoms with E-state index in [1.807, 2.05) is 17.2 Å². The molecular formula is C20H20N4O. The Morgan fingerprint density at radius 1 is 1.20 bits per heavy atom. The molecule has 2 aromatic heterocycles. The number of carbonyl (C=O) groups is 1. The van der Waals surface area contributed by atoms with Gasteiger partial charge in [0.1, 0.15) is 12.1 Å². The lowest BCUT2D eigenvalue weighted by Crippen LogP contribution is -2.30. The van der Waals surface area contributed by atoms with E-state index in [4.69, 9.17) is 0 Å². The van der Waals surface area contributed by atoms with E-state index in [9.17, 15) is 4.79 Å². The average molecular weight is 332 g/mol. The first-order valence-corrected chi connectivity index (χ1v) is 8.54. The Morgan fingerprint density at radius 2 is 2.12 bits per heavy atom. The molecule has 1 amide bonds. The van der Waals surface area contributed by atoms with Gasteiger partial charge in [-0.25, -0.2) is 9.97 Å². The van der Waals surface area contributed by atoms with Crippen LogP contribution < -0.4 is 0 Å². The van der Waals surface area contributed by atoms with Gasteiger partial charge in [0.25, 0.3) is 5.91 Å². The van der Waals surface area contributed by atoms with E-state index < -0.39 is 0 Å². The highest BCUT2D eigenvalue weighted by Crippen LogP contribution is 2.33. The van der Waals surface area contributed by atoms with Crippen LogP contribution in [0.15, 0.2) is 61.3 Å². The number of rotatable bonds is 3. The van der Waals surface area contributed by atoms with Gasteiger partial charge in [-0.2, -0.15) is 0 Å². The average Bonchev–Trinajstić information content (AvgIpc) is 3.33. The van der Waals surface area contributed by atoms with Crippen LogP contribution in [0.1, 0.15) is 40.4 Å². The first-order chi connectivity index (χ1) is 12.2. The maximum atomic E-state index is 13.1. The molecule has 1 aliphatic rings. The van der Waals surface area contributed by atoms with Crippen LogP contribution in [-0.4, -0.2) is 31.9 Å². The van der Waals surface area contributed by atoms with Gasteiger partial charge >= 0.3 is 0 Å². The summed E-state index contributed by atoms with van der Waals surface area (Å²) in [6.45, 7) is 2.88. The molecule has 0 N–H and O–H groups in total. The van der Waals surface area contributed by atoms with Crippen LogP contribution in [0.4, 0.5) is 0 Å². The Balaban J connectivity index is 1.63. The van der Waals surface area contributed by atoms with E-state index in [0.29, 0.717) is 11.4 Å². The summed E-state index contributed by atoms with van der Waals surface area (Å²) in [4.78, 5) is 23.5. The maximum Gasteiger partial charge on any atom is 0.254 e. The van der Waals surface area contributed by atoms with Gasteiger partial charge in [-0.3, -0.25) is 9.36 Å². The van der Waals surface area contributed by atoms with Gasteiger partial charge in [-0.05, 0) is 37.5 Å². The van der Waals surface area contributed by atoms with Crippen molar-refractivity contribution in [3.05, 3.63) is 78.0 Å². The first kappa shape index (κ1) is 15.6. The number of aryl methyl sites for hydroxylation is 1. The molecule has 126 valence electrons. The number of aromatic nitrogens is 3. The van der Waals surface area contributed by atoms with Crippen molar-refractivity contribution in [2.45, 2.75) is 25.8 Å². The molecular weight excluding hydrogens is 312 g/mol. The van der Waals surface area contributed by atoms with Gasteiger partial charge in [-0.1, -0.05) is 29.8 Å². The maximum absolute atomic E-state index is 13.1. The van der Waals surface area contributed by atoms with Crippen LogP contribution in [0, 0.1) is 6.92 Å². The summed E-state index contributed by atoms with van der Waals surface area (Å²) in [5, 5.41) is 0. The molecule has 4 rings (SSSR count). The number of likely N-dealkylation sites (tertiary alicyclic amines) is 1. The van der Waals surface area contributed by atoms with Crippen molar-refractivity contribution in [2.75, 3.05) is 6.54 Å². The zero-order valence-corrected chi connectivity index (χ0v) is 14.2. The van der Waals surface area contributed by atoms with Crippen molar-refractivity contribution >= 4 is 5.91 Å². The van der Waals surface area contributed by atoms with Crippen molar-refractivity contribution in [2.24, 2.45) is 0 Å². The number of carbonyl (C=O) groups excluding carboxylic acids is 1. The van der Waals surface area contributed by atoms with E-state index in [2.05, 4.69) is 41.2 Å². The second kappa shape index (κ2) is 6.51. The minimum absolute atomic E-state index is 0.0628. The molecule has 1 saturated heterocycles. The molecule has 3 aromatic rings. The second-order valence-corrected chi connectivity index (χ2v) is 6.44. The molecule has 1 atom stereocenters. The SMILES string of the molecule is Cc1cccc([C@H]2CCCN2C(=O)c2ccnc(-n3ccnc3)c2)c1. The first-order valence-electron chi connectivity index (χ1n) is 8.54. The predicted molar refractivity (Wildman–Crippen MR) is 95.5 cm³/mol. The summed E-state index contributed by atoms with van der Waals surface area (Å²) in [6.07, 6.45) is 8.92. The Hall–Kier alpha value is -2.95. The number of imidazole rings is 1. The van der Waals surface area contributed by atoms with Crippen molar-refractivity contribution < 1.29 is 4.79 Å². The van der Waals surface area contributed by atoms with Gasteiger partial charge in [0.05, 0.1) is 6.04 Å². The van der Waals surface area contributed by atoms with Crippen LogP contribution in [0.3, 0.4) is 0 Å². The van der Waals surface area contributed by atoms with Gasteiger partial charge < -0.3 is 4.90 Å². The topological polar surface area (TPSA) is 51.0 Å². The quantitative estimate of drug-likeness (QED) is 0.737. The number of nitrogens with zero attached hydrogens (tertiary/aromatic N) is 4. The zero-order valence-electron chi connectivity index (χ0n) is 14.2. The smallest absolute Gasteiger partial charge is 0.254 e. The van der Waals surface area contributed by atoms with Gasteiger partial charge in [-0.15, -0.1) is 0 Å². The number of hydrogen-bond donors (Lipinski definition) is 0. The molecule has 0 unspecified atom stereocenters.